The van der Waals surface area contributed by atoms with Crippen molar-refractivity contribution < 1.29 is 27.8 Å². The van der Waals surface area contributed by atoms with Crippen LogP contribution in [-0.4, -0.2) is 25.6 Å². The van der Waals surface area contributed by atoms with E-state index in [1.54, 1.807) is 0 Å². The molecule has 2 aromatic heterocycles. The van der Waals surface area contributed by atoms with Gasteiger partial charge >= 0.3 is 12.1 Å². The summed E-state index contributed by atoms with van der Waals surface area (Å²) in [5, 5.41) is 11.2. The van der Waals surface area contributed by atoms with Gasteiger partial charge in [0.2, 0.25) is 0 Å². The number of halogens is 3. The topological polar surface area (TPSA) is 77.2 Å². The average Bonchev–Trinajstić information content (AvgIpc) is 3.44. The van der Waals surface area contributed by atoms with E-state index in [0.29, 0.717) is 30.9 Å². The molecule has 7 rings (SSSR count). The van der Waals surface area contributed by atoms with E-state index in [1.165, 1.54) is 12.1 Å². The fourth-order valence-corrected chi connectivity index (χ4v) is 6.59. The Hall–Kier alpha value is -5.18. The van der Waals surface area contributed by atoms with Crippen LogP contribution in [0.25, 0.3) is 33.1 Å². The number of ether oxygens (including phenoxy) is 1. The quantitative estimate of drug-likeness (QED) is 0.180. The van der Waals surface area contributed by atoms with Crippen molar-refractivity contribution >= 4 is 27.9 Å². The minimum Gasteiger partial charge on any atom is -0.487 e. The molecule has 1 aliphatic rings. The summed E-state index contributed by atoms with van der Waals surface area (Å²) in [6.07, 6.45) is -1.22. The number of pyridine rings is 1. The number of alkyl halides is 3. The minimum absolute atomic E-state index is 0.230. The van der Waals surface area contributed by atoms with Crippen molar-refractivity contribution in [1.82, 2.24) is 14.5 Å². The smallest absolute Gasteiger partial charge is 0.416 e. The Morgan fingerprint density at radius 1 is 0.830 bits per heavy atom. The molecule has 1 aliphatic carbocycles. The number of aromatic nitrogens is 3. The van der Waals surface area contributed by atoms with Crippen LogP contribution in [-0.2, 0) is 24.1 Å². The molecule has 2 atom stereocenters. The second-order valence-corrected chi connectivity index (χ2v) is 12.1. The Labute approximate surface area is 269 Å². The van der Waals surface area contributed by atoms with Gasteiger partial charge in [-0.25, -0.2) is 9.97 Å². The summed E-state index contributed by atoms with van der Waals surface area (Å²) >= 11 is 0. The summed E-state index contributed by atoms with van der Waals surface area (Å²) in [4.78, 5) is 22.0. The van der Waals surface area contributed by atoms with Crippen molar-refractivity contribution in [3.63, 3.8) is 0 Å². The number of carboxylic acid groups (broad SMARTS) is 1. The molecule has 9 heteroatoms. The molecule has 0 radical (unpaired) electrons. The van der Waals surface area contributed by atoms with Gasteiger partial charge in [-0.15, -0.1) is 0 Å². The number of benzene rings is 4. The van der Waals surface area contributed by atoms with Crippen LogP contribution in [0.5, 0.6) is 5.75 Å². The summed E-state index contributed by atoms with van der Waals surface area (Å²) in [7, 11) is 0. The van der Waals surface area contributed by atoms with Crippen LogP contribution in [0.15, 0.2) is 103 Å². The van der Waals surface area contributed by atoms with Crippen molar-refractivity contribution in [3.8, 4) is 16.9 Å². The number of aliphatic carboxylic acids is 1. The third kappa shape index (κ3) is 6.43. The molecule has 238 valence electrons. The summed E-state index contributed by atoms with van der Waals surface area (Å²) in [5.74, 6) is -0.168. The van der Waals surface area contributed by atoms with Gasteiger partial charge in [0.15, 0.2) is 0 Å². The van der Waals surface area contributed by atoms with E-state index in [4.69, 9.17) is 14.7 Å². The van der Waals surface area contributed by atoms with E-state index < -0.39 is 23.6 Å². The molecular formula is C38H32F3N3O3. The highest BCUT2D eigenvalue weighted by Crippen LogP contribution is 2.40. The first-order chi connectivity index (χ1) is 22.7. The first-order valence-corrected chi connectivity index (χ1v) is 15.7. The molecule has 1 fully saturated rings. The van der Waals surface area contributed by atoms with Crippen LogP contribution in [0, 0.1) is 5.92 Å². The Morgan fingerprint density at radius 2 is 1.55 bits per heavy atom. The van der Waals surface area contributed by atoms with Crippen molar-refractivity contribution in [2.24, 2.45) is 5.92 Å². The van der Waals surface area contributed by atoms with Crippen LogP contribution in [0.1, 0.15) is 54.2 Å². The number of nitrogens with zero attached hydrogens (tertiary/aromatic N) is 3. The average molecular weight is 636 g/mol. The molecule has 0 unspecified atom stereocenters. The minimum atomic E-state index is -4.38. The molecule has 0 bridgehead atoms. The van der Waals surface area contributed by atoms with Gasteiger partial charge in [-0.05, 0) is 65.9 Å². The fourth-order valence-electron chi connectivity index (χ4n) is 6.59. The van der Waals surface area contributed by atoms with Crippen molar-refractivity contribution in [2.75, 3.05) is 0 Å². The number of imidazole rings is 1. The van der Waals surface area contributed by atoms with Gasteiger partial charge in [-0.3, -0.25) is 4.79 Å². The van der Waals surface area contributed by atoms with Crippen molar-refractivity contribution in [2.45, 2.75) is 50.9 Å². The lowest BCUT2D eigenvalue weighted by molar-refractivity contribution is -0.143. The Balaban J connectivity index is 1.18. The van der Waals surface area contributed by atoms with E-state index >= 15 is 0 Å². The number of hydrogen-bond donors (Lipinski definition) is 1. The highest BCUT2D eigenvalue weighted by atomic mass is 19.4. The Bertz CT molecular complexity index is 2050. The monoisotopic (exact) mass is 635 g/mol. The molecule has 6 aromatic rings. The third-order valence-corrected chi connectivity index (χ3v) is 9.05. The molecule has 1 saturated carbocycles. The second-order valence-electron chi connectivity index (χ2n) is 12.1. The molecule has 0 aliphatic heterocycles. The summed E-state index contributed by atoms with van der Waals surface area (Å²) in [6.45, 7) is 0.752. The summed E-state index contributed by atoms with van der Waals surface area (Å²) in [5.41, 5.74) is 5.08. The lowest BCUT2D eigenvalue weighted by Gasteiger charge is -2.28. The van der Waals surface area contributed by atoms with Crippen LogP contribution < -0.4 is 4.74 Å². The first-order valence-electron chi connectivity index (χ1n) is 15.7. The molecule has 1 N–H and O–H groups in total. The van der Waals surface area contributed by atoms with E-state index in [0.717, 1.165) is 76.0 Å². The van der Waals surface area contributed by atoms with Gasteiger partial charge < -0.3 is 14.4 Å². The normalized spacial score (nSPS) is 16.8. The zero-order valence-electron chi connectivity index (χ0n) is 25.5. The largest absolute Gasteiger partial charge is 0.487 e. The molecule has 0 spiro atoms. The first kappa shape index (κ1) is 30.5. The number of rotatable bonds is 8. The van der Waals surface area contributed by atoms with E-state index in [9.17, 15) is 23.1 Å². The molecular weight excluding hydrogens is 603 g/mol. The van der Waals surface area contributed by atoms with Crippen molar-refractivity contribution in [1.29, 1.82) is 0 Å². The summed E-state index contributed by atoms with van der Waals surface area (Å²) < 4.78 is 47.3. The molecule has 4 aromatic carbocycles. The van der Waals surface area contributed by atoms with E-state index in [1.807, 2.05) is 78.9 Å². The zero-order chi connectivity index (χ0) is 32.5. The standard InChI is InChI=1S/C38H32F3N3O3/c39-38(40,41)28-16-13-26(14-17-28)25-11-9-24(10-12-25)22-44-35-20-19-30(47-23-29-18-15-27-5-1-4-8-33(27)42-29)21-34(35)43-36(44)31-6-2-3-7-32(31)37(45)46/h1,4-5,8-21,31-32H,2-3,6-7,22-23H2,(H,45,46)/t31-,32+/m1/s1. The predicted molar refractivity (Wildman–Crippen MR) is 174 cm³/mol. The van der Waals surface area contributed by atoms with Gasteiger partial charge in [0.1, 0.15) is 18.2 Å². The SMILES string of the molecule is O=C(O)[C@H]1CCCC[C@H]1c1nc2cc(OCc3ccc4ccccc4n3)ccc2n1Cc1ccc(-c2ccc(C(F)(F)F)cc2)cc1. The maximum absolute atomic E-state index is 13.0. The lowest BCUT2D eigenvalue weighted by atomic mass is 9.78. The highest BCUT2D eigenvalue weighted by molar-refractivity contribution is 5.79. The second kappa shape index (κ2) is 12.5. The molecule has 0 amide bonds. The third-order valence-electron chi connectivity index (χ3n) is 9.05. The summed E-state index contributed by atoms with van der Waals surface area (Å²) in [6, 6.07) is 30.5. The molecule has 6 nitrogen and oxygen atoms in total. The number of carboxylic acids is 1. The fraction of sp³-hybridized carbons (Fsp3) is 0.237. The van der Waals surface area contributed by atoms with Crippen LogP contribution >= 0.6 is 0 Å². The number of para-hydroxylation sites is 1. The molecule has 47 heavy (non-hydrogen) atoms. The zero-order valence-corrected chi connectivity index (χ0v) is 25.5. The lowest BCUT2D eigenvalue weighted by Crippen LogP contribution is -2.27. The van der Waals surface area contributed by atoms with Gasteiger partial charge in [0, 0.05) is 23.9 Å². The number of carbonyl (C=O) groups is 1. The maximum atomic E-state index is 13.0. The Kier molecular flexibility index (Phi) is 8.14. The Morgan fingerprint density at radius 3 is 2.30 bits per heavy atom. The van der Waals surface area contributed by atoms with Crippen LogP contribution in [0.2, 0.25) is 0 Å². The van der Waals surface area contributed by atoms with Gasteiger partial charge in [-0.2, -0.15) is 13.2 Å². The van der Waals surface area contributed by atoms with Gasteiger partial charge in [-0.1, -0.05) is 73.5 Å². The van der Waals surface area contributed by atoms with Crippen molar-refractivity contribution in [3.05, 3.63) is 126 Å². The van der Waals surface area contributed by atoms with Gasteiger partial charge in [0.05, 0.1) is 33.7 Å². The van der Waals surface area contributed by atoms with E-state index in [2.05, 4.69) is 4.57 Å². The highest BCUT2D eigenvalue weighted by Gasteiger charge is 2.35. The molecule has 0 saturated heterocycles. The van der Waals surface area contributed by atoms with E-state index in [-0.39, 0.29) is 5.92 Å². The number of fused-ring (bicyclic) bond motifs is 2. The number of hydrogen-bond acceptors (Lipinski definition) is 4. The predicted octanol–water partition coefficient (Wildman–Crippen LogP) is 9.26. The molecule has 2 heterocycles. The van der Waals surface area contributed by atoms with Crippen LogP contribution in [0.3, 0.4) is 0 Å². The van der Waals surface area contributed by atoms with Gasteiger partial charge in [0.25, 0.3) is 0 Å². The maximum Gasteiger partial charge on any atom is 0.416 e. The van der Waals surface area contributed by atoms with Crippen LogP contribution in [0.4, 0.5) is 13.2 Å².